The predicted octanol–water partition coefficient (Wildman–Crippen LogP) is 1.20. The zero-order valence-corrected chi connectivity index (χ0v) is 10.5. The minimum Gasteiger partial charge on any atom is -0.465 e. The van der Waals surface area contributed by atoms with E-state index in [4.69, 9.17) is 9.26 Å². The fourth-order valence-electron chi connectivity index (χ4n) is 1.46. The third kappa shape index (κ3) is 4.52. The minimum atomic E-state index is -0.307. The van der Waals surface area contributed by atoms with Gasteiger partial charge in [0.1, 0.15) is 6.04 Å². The normalized spacial score (nSPS) is 12.4. The Labute approximate surface area is 101 Å². The highest BCUT2D eigenvalue weighted by Crippen LogP contribution is 2.02. The van der Waals surface area contributed by atoms with Crippen molar-refractivity contribution in [1.29, 1.82) is 0 Å². The molecule has 17 heavy (non-hydrogen) atoms. The maximum absolute atomic E-state index is 11.6. The molecule has 0 spiro atoms. The summed E-state index contributed by atoms with van der Waals surface area (Å²) in [5.74, 6) is 0.840. The van der Waals surface area contributed by atoms with Gasteiger partial charge in [-0.1, -0.05) is 18.5 Å². The first-order valence-corrected chi connectivity index (χ1v) is 5.86. The van der Waals surface area contributed by atoms with E-state index in [-0.39, 0.29) is 12.0 Å². The summed E-state index contributed by atoms with van der Waals surface area (Å²) in [6, 6.07) is -0.307. The number of aromatic nitrogens is 2. The molecule has 0 amide bonds. The van der Waals surface area contributed by atoms with E-state index in [1.165, 1.54) is 0 Å². The highest BCUT2D eigenvalue weighted by Gasteiger charge is 2.18. The summed E-state index contributed by atoms with van der Waals surface area (Å²) >= 11 is 0. The van der Waals surface area contributed by atoms with Gasteiger partial charge in [0.05, 0.1) is 13.2 Å². The molecule has 1 heterocycles. The van der Waals surface area contributed by atoms with E-state index in [1.54, 1.807) is 13.8 Å². The monoisotopic (exact) mass is 241 g/mol. The smallest absolute Gasteiger partial charge is 0.323 e. The first-order chi connectivity index (χ1) is 8.17. The second-order valence-corrected chi connectivity index (χ2v) is 3.70. The molecule has 1 atom stereocenters. The third-order valence-electron chi connectivity index (χ3n) is 2.22. The second-order valence-electron chi connectivity index (χ2n) is 3.70. The van der Waals surface area contributed by atoms with Crippen LogP contribution in [0.15, 0.2) is 4.52 Å². The van der Waals surface area contributed by atoms with Gasteiger partial charge < -0.3 is 9.26 Å². The molecule has 1 unspecified atom stereocenters. The highest BCUT2D eigenvalue weighted by molar-refractivity contribution is 5.75. The van der Waals surface area contributed by atoms with Crippen molar-refractivity contribution >= 4 is 5.97 Å². The zero-order chi connectivity index (χ0) is 12.7. The Kier molecular flexibility index (Phi) is 5.62. The lowest BCUT2D eigenvalue weighted by Gasteiger charge is -2.15. The van der Waals surface area contributed by atoms with Crippen LogP contribution in [0.25, 0.3) is 0 Å². The van der Waals surface area contributed by atoms with Crippen molar-refractivity contribution in [2.75, 3.05) is 6.61 Å². The van der Waals surface area contributed by atoms with Crippen LogP contribution in [0.5, 0.6) is 0 Å². The summed E-state index contributed by atoms with van der Waals surface area (Å²) in [4.78, 5) is 15.7. The highest BCUT2D eigenvalue weighted by atomic mass is 16.5. The summed E-state index contributed by atoms with van der Waals surface area (Å²) in [7, 11) is 0. The van der Waals surface area contributed by atoms with E-state index >= 15 is 0 Å². The summed E-state index contributed by atoms with van der Waals surface area (Å²) in [6.07, 6.45) is 1.64. The van der Waals surface area contributed by atoms with Gasteiger partial charge in [0.15, 0.2) is 5.82 Å². The van der Waals surface area contributed by atoms with Crippen molar-refractivity contribution in [3.63, 3.8) is 0 Å². The van der Waals surface area contributed by atoms with Crippen LogP contribution in [-0.2, 0) is 16.1 Å². The van der Waals surface area contributed by atoms with Crippen LogP contribution in [-0.4, -0.2) is 28.8 Å². The number of aryl methyl sites for hydroxylation is 1. The number of hydrogen-bond donors (Lipinski definition) is 1. The van der Waals surface area contributed by atoms with E-state index < -0.39 is 0 Å². The van der Waals surface area contributed by atoms with Gasteiger partial charge in [0, 0.05) is 6.92 Å². The zero-order valence-electron chi connectivity index (χ0n) is 10.5. The van der Waals surface area contributed by atoms with Crippen molar-refractivity contribution in [3.05, 3.63) is 11.7 Å². The molecule has 0 aliphatic carbocycles. The first-order valence-electron chi connectivity index (χ1n) is 5.86. The molecule has 1 rings (SSSR count). The molecular weight excluding hydrogens is 222 g/mol. The molecule has 96 valence electrons. The van der Waals surface area contributed by atoms with Crippen molar-refractivity contribution in [1.82, 2.24) is 15.5 Å². The van der Waals surface area contributed by atoms with Crippen molar-refractivity contribution < 1.29 is 14.1 Å². The number of carbonyl (C=O) groups is 1. The third-order valence-corrected chi connectivity index (χ3v) is 2.22. The van der Waals surface area contributed by atoms with E-state index in [9.17, 15) is 4.79 Å². The fraction of sp³-hybridized carbons (Fsp3) is 0.727. The molecule has 6 heteroatoms. The lowest BCUT2D eigenvalue weighted by atomic mass is 10.1. The summed E-state index contributed by atoms with van der Waals surface area (Å²) in [5.41, 5.74) is 0. The standard InChI is InChI=1S/C11H19N3O3/c1-4-6-9(11(15)16-5-2)12-7-10-13-8(3)17-14-10/h9,12H,4-7H2,1-3H3. The van der Waals surface area contributed by atoms with E-state index in [1.807, 2.05) is 6.92 Å². The maximum Gasteiger partial charge on any atom is 0.323 e. The molecular formula is C11H19N3O3. The van der Waals surface area contributed by atoms with E-state index in [0.717, 1.165) is 12.8 Å². The summed E-state index contributed by atoms with van der Waals surface area (Å²) < 4.78 is 9.83. The van der Waals surface area contributed by atoms with Crippen molar-refractivity contribution in [2.45, 2.75) is 46.2 Å². The van der Waals surface area contributed by atoms with Gasteiger partial charge >= 0.3 is 5.97 Å². The first kappa shape index (κ1) is 13.6. The van der Waals surface area contributed by atoms with Crippen LogP contribution in [0.2, 0.25) is 0 Å². The van der Waals surface area contributed by atoms with Gasteiger partial charge in [0.2, 0.25) is 5.89 Å². The van der Waals surface area contributed by atoms with Gasteiger partial charge in [-0.15, -0.1) is 0 Å². The van der Waals surface area contributed by atoms with Gasteiger partial charge in [0.25, 0.3) is 0 Å². The average Bonchev–Trinajstić information content (AvgIpc) is 2.70. The van der Waals surface area contributed by atoms with Crippen molar-refractivity contribution in [3.8, 4) is 0 Å². The van der Waals surface area contributed by atoms with Crippen LogP contribution in [0.1, 0.15) is 38.4 Å². The molecule has 0 aliphatic heterocycles. The quantitative estimate of drug-likeness (QED) is 0.723. The number of nitrogens with one attached hydrogen (secondary N) is 1. The average molecular weight is 241 g/mol. The lowest BCUT2D eigenvalue weighted by molar-refractivity contribution is -0.145. The molecule has 1 N–H and O–H groups in total. The number of hydrogen-bond acceptors (Lipinski definition) is 6. The Morgan fingerprint density at radius 3 is 2.82 bits per heavy atom. The number of carbonyl (C=O) groups excluding carboxylic acids is 1. The molecule has 0 aliphatic rings. The van der Waals surface area contributed by atoms with Crippen LogP contribution < -0.4 is 5.32 Å². The summed E-state index contributed by atoms with van der Waals surface area (Å²) in [5, 5.41) is 6.83. The predicted molar refractivity (Wildman–Crippen MR) is 61.2 cm³/mol. The van der Waals surface area contributed by atoms with Gasteiger partial charge in [-0.05, 0) is 13.3 Å². The molecule has 1 aromatic rings. The Morgan fingerprint density at radius 1 is 1.53 bits per heavy atom. The Bertz CT molecular complexity index is 351. The topological polar surface area (TPSA) is 77.3 Å². The molecule has 0 saturated carbocycles. The lowest BCUT2D eigenvalue weighted by Crippen LogP contribution is -2.37. The molecule has 0 radical (unpaired) electrons. The Morgan fingerprint density at radius 2 is 2.29 bits per heavy atom. The SMILES string of the molecule is CCCC(NCc1noc(C)n1)C(=O)OCC. The molecule has 0 fully saturated rings. The molecule has 0 saturated heterocycles. The maximum atomic E-state index is 11.6. The van der Waals surface area contributed by atoms with E-state index in [0.29, 0.717) is 24.9 Å². The van der Waals surface area contributed by atoms with Gasteiger partial charge in [-0.25, -0.2) is 0 Å². The number of nitrogens with zero attached hydrogens (tertiary/aromatic N) is 2. The summed E-state index contributed by atoms with van der Waals surface area (Å²) in [6.45, 7) is 6.34. The molecule has 6 nitrogen and oxygen atoms in total. The molecule has 0 bridgehead atoms. The minimum absolute atomic E-state index is 0.227. The van der Waals surface area contributed by atoms with E-state index in [2.05, 4.69) is 15.5 Å². The van der Waals surface area contributed by atoms with Gasteiger partial charge in [-0.3, -0.25) is 10.1 Å². The fourth-order valence-corrected chi connectivity index (χ4v) is 1.46. The second kappa shape index (κ2) is 7.01. The molecule has 1 aromatic heterocycles. The Balaban J connectivity index is 2.46. The largest absolute Gasteiger partial charge is 0.465 e. The number of rotatable bonds is 7. The number of esters is 1. The Hall–Kier alpha value is -1.43. The molecule has 0 aromatic carbocycles. The van der Waals surface area contributed by atoms with Crippen LogP contribution >= 0.6 is 0 Å². The number of ether oxygens (including phenoxy) is 1. The van der Waals surface area contributed by atoms with Crippen LogP contribution in [0.4, 0.5) is 0 Å². The van der Waals surface area contributed by atoms with Crippen LogP contribution in [0, 0.1) is 6.92 Å². The van der Waals surface area contributed by atoms with Gasteiger partial charge in [-0.2, -0.15) is 4.98 Å². The van der Waals surface area contributed by atoms with Crippen molar-refractivity contribution in [2.24, 2.45) is 0 Å². The van der Waals surface area contributed by atoms with Crippen LogP contribution in [0.3, 0.4) is 0 Å².